The summed E-state index contributed by atoms with van der Waals surface area (Å²) in [6, 6.07) is 60.2. The van der Waals surface area contributed by atoms with Crippen LogP contribution in [0.3, 0.4) is 0 Å². The van der Waals surface area contributed by atoms with E-state index < -0.39 is 0 Å². The SMILES string of the molecule is c1ccc(-c2ccc(-c3cc(-c4cc(-c5ccc6ccc7cccnc7c6c5)cc5c4sc4ccccc45)nc(-c4ccccc4)n3)cc2)cc1. The molecule has 0 amide bonds. The lowest BCUT2D eigenvalue weighted by molar-refractivity contribution is 1.19. The molecule has 0 spiro atoms. The van der Waals surface area contributed by atoms with E-state index in [-0.39, 0.29) is 0 Å². The van der Waals surface area contributed by atoms with Crippen LogP contribution < -0.4 is 0 Å². The van der Waals surface area contributed by atoms with Gasteiger partial charge in [0.15, 0.2) is 5.82 Å². The van der Waals surface area contributed by atoms with Gasteiger partial charge in [-0.2, -0.15) is 0 Å². The maximum Gasteiger partial charge on any atom is 0.160 e. The van der Waals surface area contributed by atoms with Crippen molar-refractivity contribution in [3.8, 4) is 56.2 Å². The summed E-state index contributed by atoms with van der Waals surface area (Å²) in [5.74, 6) is 0.707. The van der Waals surface area contributed by atoms with Crippen LogP contribution in [0.2, 0.25) is 0 Å². The molecule has 10 aromatic rings. The third-order valence-corrected chi connectivity index (χ3v) is 10.9. The van der Waals surface area contributed by atoms with Gasteiger partial charge in [0.1, 0.15) is 0 Å². The standard InChI is InChI=1S/C47H29N3S/c1-3-10-30(11-4-1)31-17-21-33(22-18-31)42-29-43(50-47(49-42)35-12-5-2-6-13-35)41-28-37(27-40-38-15-7-8-16-44(38)51-46(40)41)36-24-20-32-19-23-34-14-9-25-48-45(34)39(32)26-36/h1-29H. The molecule has 0 saturated heterocycles. The molecule has 0 N–H and O–H groups in total. The van der Waals surface area contributed by atoms with Crippen LogP contribution in [0, 0.1) is 0 Å². The second-order valence-electron chi connectivity index (χ2n) is 12.8. The molecule has 3 heterocycles. The molecule has 3 nitrogen and oxygen atoms in total. The topological polar surface area (TPSA) is 38.7 Å². The highest BCUT2D eigenvalue weighted by Gasteiger charge is 2.18. The fraction of sp³-hybridized carbons (Fsp3) is 0. The molecule has 0 aliphatic heterocycles. The number of hydrogen-bond acceptors (Lipinski definition) is 4. The van der Waals surface area contributed by atoms with E-state index in [1.54, 1.807) is 0 Å². The van der Waals surface area contributed by atoms with Crippen molar-refractivity contribution >= 4 is 53.2 Å². The van der Waals surface area contributed by atoms with Crippen molar-refractivity contribution in [2.24, 2.45) is 0 Å². The molecule has 0 radical (unpaired) electrons. The first-order valence-electron chi connectivity index (χ1n) is 17.1. The van der Waals surface area contributed by atoms with Gasteiger partial charge in [-0.15, -0.1) is 11.3 Å². The third kappa shape index (κ3) is 5.25. The predicted octanol–water partition coefficient (Wildman–Crippen LogP) is 12.9. The highest BCUT2D eigenvalue weighted by atomic mass is 32.1. The lowest BCUT2D eigenvalue weighted by Crippen LogP contribution is -1.96. The quantitative estimate of drug-likeness (QED) is 0.171. The third-order valence-electron chi connectivity index (χ3n) is 9.72. The molecular formula is C47H29N3S. The minimum Gasteiger partial charge on any atom is -0.256 e. The van der Waals surface area contributed by atoms with E-state index in [9.17, 15) is 0 Å². The van der Waals surface area contributed by atoms with Crippen molar-refractivity contribution in [3.05, 3.63) is 176 Å². The van der Waals surface area contributed by atoms with Crippen molar-refractivity contribution in [1.29, 1.82) is 0 Å². The molecule has 0 atom stereocenters. The first-order chi connectivity index (χ1) is 25.2. The van der Waals surface area contributed by atoms with Crippen LogP contribution in [-0.4, -0.2) is 15.0 Å². The first kappa shape index (κ1) is 29.4. The van der Waals surface area contributed by atoms with Crippen LogP contribution in [0.15, 0.2) is 176 Å². The van der Waals surface area contributed by atoms with Gasteiger partial charge in [-0.25, -0.2) is 9.97 Å². The van der Waals surface area contributed by atoms with Crippen LogP contribution in [-0.2, 0) is 0 Å². The maximum atomic E-state index is 5.30. The van der Waals surface area contributed by atoms with E-state index >= 15 is 0 Å². The maximum absolute atomic E-state index is 5.30. The molecule has 10 rings (SSSR count). The number of pyridine rings is 1. The summed E-state index contributed by atoms with van der Waals surface area (Å²) in [7, 11) is 0. The zero-order chi connectivity index (χ0) is 33.7. The van der Waals surface area contributed by atoms with E-state index in [1.165, 1.54) is 36.7 Å². The van der Waals surface area contributed by atoms with Crippen LogP contribution in [0.25, 0.3) is 98.0 Å². The Balaban J connectivity index is 1.20. The van der Waals surface area contributed by atoms with Crippen molar-refractivity contribution in [2.45, 2.75) is 0 Å². The molecular weight excluding hydrogens is 639 g/mol. The van der Waals surface area contributed by atoms with E-state index in [4.69, 9.17) is 15.0 Å². The average Bonchev–Trinajstić information content (AvgIpc) is 3.59. The number of thiophene rings is 1. The second-order valence-corrected chi connectivity index (χ2v) is 13.9. The van der Waals surface area contributed by atoms with Gasteiger partial charge in [-0.1, -0.05) is 133 Å². The molecule has 0 unspecified atom stereocenters. The van der Waals surface area contributed by atoms with E-state index in [0.29, 0.717) is 5.82 Å². The highest BCUT2D eigenvalue weighted by Crippen LogP contribution is 2.43. The molecule has 0 saturated carbocycles. The van der Waals surface area contributed by atoms with Crippen molar-refractivity contribution in [2.75, 3.05) is 0 Å². The lowest BCUT2D eigenvalue weighted by Gasteiger charge is -2.13. The normalized spacial score (nSPS) is 11.5. The molecule has 0 aliphatic carbocycles. The van der Waals surface area contributed by atoms with Crippen molar-refractivity contribution in [3.63, 3.8) is 0 Å². The molecule has 0 bridgehead atoms. The van der Waals surface area contributed by atoms with Crippen LogP contribution in [0.4, 0.5) is 0 Å². The second kappa shape index (κ2) is 12.1. The highest BCUT2D eigenvalue weighted by molar-refractivity contribution is 7.26. The Bertz CT molecular complexity index is 2900. The Labute approximate surface area is 299 Å². The summed E-state index contributed by atoms with van der Waals surface area (Å²) in [4.78, 5) is 15.2. The number of aromatic nitrogens is 3. The zero-order valence-corrected chi connectivity index (χ0v) is 28.3. The molecule has 4 heteroatoms. The number of rotatable bonds is 5. The Kier molecular flexibility index (Phi) is 7.00. The van der Waals surface area contributed by atoms with Gasteiger partial charge >= 0.3 is 0 Å². The van der Waals surface area contributed by atoms with Crippen LogP contribution in [0.1, 0.15) is 0 Å². The summed E-state index contributed by atoms with van der Waals surface area (Å²) < 4.78 is 2.48. The van der Waals surface area contributed by atoms with Gasteiger partial charge in [-0.05, 0) is 64.0 Å². The fourth-order valence-electron chi connectivity index (χ4n) is 7.14. The van der Waals surface area contributed by atoms with Gasteiger partial charge in [0.25, 0.3) is 0 Å². The summed E-state index contributed by atoms with van der Waals surface area (Å²) >= 11 is 1.82. The Morgan fingerprint density at radius 3 is 1.88 bits per heavy atom. The first-order valence-corrected chi connectivity index (χ1v) is 17.9. The average molecular weight is 668 g/mol. The molecule has 0 fully saturated rings. The van der Waals surface area contributed by atoms with Gasteiger partial charge in [0.05, 0.1) is 16.9 Å². The predicted molar refractivity (Wildman–Crippen MR) is 215 cm³/mol. The minimum absolute atomic E-state index is 0.707. The Morgan fingerprint density at radius 1 is 0.392 bits per heavy atom. The number of benzene rings is 7. The van der Waals surface area contributed by atoms with Gasteiger partial charge in [-0.3, -0.25) is 4.98 Å². The monoisotopic (exact) mass is 667 g/mol. The van der Waals surface area contributed by atoms with Crippen molar-refractivity contribution < 1.29 is 0 Å². The Hall–Kier alpha value is -6.49. The largest absolute Gasteiger partial charge is 0.256 e. The molecule has 238 valence electrons. The molecule has 7 aromatic carbocycles. The van der Waals surface area contributed by atoms with E-state index in [0.717, 1.165) is 55.5 Å². The fourth-order valence-corrected chi connectivity index (χ4v) is 8.35. The smallest absolute Gasteiger partial charge is 0.160 e. The van der Waals surface area contributed by atoms with Crippen LogP contribution >= 0.6 is 11.3 Å². The summed E-state index contributed by atoms with van der Waals surface area (Å²) in [5, 5.41) is 5.95. The lowest BCUT2D eigenvalue weighted by atomic mass is 9.95. The van der Waals surface area contributed by atoms with Crippen LogP contribution in [0.5, 0.6) is 0 Å². The zero-order valence-electron chi connectivity index (χ0n) is 27.5. The van der Waals surface area contributed by atoms with Gasteiger partial charge in [0, 0.05) is 53.8 Å². The van der Waals surface area contributed by atoms with Crippen molar-refractivity contribution in [1.82, 2.24) is 15.0 Å². The Morgan fingerprint density at radius 2 is 1.04 bits per heavy atom. The number of hydrogen-bond donors (Lipinski definition) is 0. The summed E-state index contributed by atoms with van der Waals surface area (Å²) in [6.45, 7) is 0. The van der Waals surface area contributed by atoms with E-state index in [1.807, 2.05) is 47.9 Å². The number of fused-ring (bicyclic) bond motifs is 6. The minimum atomic E-state index is 0.707. The van der Waals surface area contributed by atoms with E-state index in [2.05, 4.69) is 140 Å². The number of nitrogens with zero attached hydrogens (tertiary/aromatic N) is 3. The van der Waals surface area contributed by atoms with Gasteiger partial charge < -0.3 is 0 Å². The molecule has 0 aliphatic rings. The van der Waals surface area contributed by atoms with Gasteiger partial charge in [0.2, 0.25) is 0 Å². The summed E-state index contributed by atoms with van der Waals surface area (Å²) in [5.41, 5.74) is 10.6. The molecule has 3 aromatic heterocycles. The molecule has 51 heavy (non-hydrogen) atoms. The summed E-state index contributed by atoms with van der Waals surface area (Å²) in [6.07, 6.45) is 1.88.